The lowest BCUT2D eigenvalue weighted by Gasteiger charge is -2.26. The lowest BCUT2D eigenvalue weighted by atomic mass is 9.84. The van der Waals surface area contributed by atoms with E-state index >= 15 is 0 Å². The van der Waals surface area contributed by atoms with Crippen LogP contribution in [0.1, 0.15) is 37.5 Å². The Morgan fingerprint density at radius 1 is 1.12 bits per heavy atom. The number of sulfone groups is 1. The number of alkyl halides is 3. The van der Waals surface area contributed by atoms with E-state index in [1.165, 1.54) is 13.2 Å². The van der Waals surface area contributed by atoms with Crippen LogP contribution in [0.2, 0.25) is 0 Å². The minimum absolute atomic E-state index is 0.0427. The van der Waals surface area contributed by atoms with Gasteiger partial charge in [0, 0.05) is 16.7 Å². The smallest absolute Gasteiger partial charge is 0.501 e. The fourth-order valence-corrected chi connectivity index (χ4v) is 6.28. The summed E-state index contributed by atoms with van der Waals surface area (Å²) >= 11 is 0. The number of rotatable bonds is 3. The van der Waals surface area contributed by atoms with E-state index < -0.39 is 51.4 Å². The Morgan fingerprint density at radius 3 is 2.21 bits per heavy atom. The molecular weight excluding hydrogens is 517 g/mol. The van der Waals surface area contributed by atoms with Gasteiger partial charge in [-0.3, -0.25) is 4.21 Å². The van der Waals surface area contributed by atoms with Crippen LogP contribution in [0.5, 0.6) is 5.75 Å². The molecule has 0 spiro atoms. The number of phenols is 1. The summed E-state index contributed by atoms with van der Waals surface area (Å²) in [5.41, 5.74) is -5.87. The van der Waals surface area contributed by atoms with Crippen molar-refractivity contribution in [3.8, 4) is 5.75 Å². The fraction of sp³-hybridized carbons (Fsp3) is 0.350. The lowest BCUT2D eigenvalue weighted by Crippen LogP contribution is -2.26. The molecule has 2 N–H and O–H groups in total. The summed E-state index contributed by atoms with van der Waals surface area (Å²) < 4.78 is 104. The van der Waals surface area contributed by atoms with Gasteiger partial charge in [0.25, 0.3) is 19.9 Å². The number of amidine groups is 1. The predicted molar refractivity (Wildman–Crippen MR) is 121 cm³/mol. The predicted octanol–water partition coefficient (Wildman–Crippen LogP) is 3.59. The standard InChI is InChI=1S/C20H21F3N2O6S3/c1-10-14(32(5)27)9-12(19(2,3)4)17(26)16(10)18-24-13-7-6-11(33(28,29)20(21,22)23)8-15(13)34(30,31)25-18/h6-9,26H,1-5H3,(H,24,25). The van der Waals surface area contributed by atoms with E-state index in [4.69, 9.17) is 0 Å². The van der Waals surface area contributed by atoms with Crippen LogP contribution in [0.4, 0.5) is 18.9 Å². The maximum atomic E-state index is 12.9. The van der Waals surface area contributed by atoms with Crippen molar-refractivity contribution in [1.82, 2.24) is 0 Å². The Balaban J connectivity index is 2.28. The van der Waals surface area contributed by atoms with Gasteiger partial charge in [0.1, 0.15) is 10.6 Å². The molecular formula is C20H21F3N2O6S3. The van der Waals surface area contributed by atoms with Gasteiger partial charge >= 0.3 is 5.51 Å². The van der Waals surface area contributed by atoms with Crippen molar-refractivity contribution < 1.29 is 39.3 Å². The average Bonchev–Trinajstić information content (AvgIpc) is 2.65. The highest BCUT2D eigenvalue weighted by molar-refractivity contribution is 7.92. The molecule has 0 aliphatic carbocycles. The zero-order valence-electron chi connectivity index (χ0n) is 18.6. The SMILES string of the molecule is Cc1c(S(C)=O)cc(C(C)(C)C)c(O)c1C1=NS(=O)(=O)c2cc(S(=O)(=O)C(F)(F)F)ccc2N1. The Bertz CT molecular complexity index is 1470. The Morgan fingerprint density at radius 2 is 1.71 bits per heavy atom. The Labute approximate surface area is 197 Å². The van der Waals surface area contributed by atoms with E-state index in [0.29, 0.717) is 22.6 Å². The van der Waals surface area contributed by atoms with Crippen molar-refractivity contribution in [3.05, 3.63) is 41.0 Å². The van der Waals surface area contributed by atoms with Crippen molar-refractivity contribution in [2.75, 3.05) is 11.6 Å². The zero-order chi connectivity index (χ0) is 26.0. The van der Waals surface area contributed by atoms with Crippen LogP contribution in [0.25, 0.3) is 0 Å². The Hall–Kier alpha value is -2.45. The summed E-state index contributed by atoms with van der Waals surface area (Å²) in [4.78, 5) is -1.69. The van der Waals surface area contributed by atoms with Crippen molar-refractivity contribution in [1.29, 1.82) is 0 Å². The molecule has 1 heterocycles. The number of nitrogens with one attached hydrogen (secondary N) is 1. The molecule has 3 rings (SSSR count). The van der Waals surface area contributed by atoms with Crippen LogP contribution in [-0.4, -0.2) is 43.8 Å². The summed E-state index contributed by atoms with van der Waals surface area (Å²) in [7, 11) is -12.0. The van der Waals surface area contributed by atoms with Crippen LogP contribution in [-0.2, 0) is 36.1 Å². The number of benzene rings is 2. The largest absolute Gasteiger partial charge is 0.507 e. The van der Waals surface area contributed by atoms with Gasteiger partial charge < -0.3 is 10.4 Å². The molecule has 2 aromatic carbocycles. The van der Waals surface area contributed by atoms with Gasteiger partial charge in [-0.25, -0.2) is 8.42 Å². The van der Waals surface area contributed by atoms with Crippen molar-refractivity contribution >= 4 is 42.2 Å². The monoisotopic (exact) mass is 538 g/mol. The van der Waals surface area contributed by atoms with Gasteiger partial charge in [-0.05, 0) is 42.2 Å². The number of anilines is 1. The van der Waals surface area contributed by atoms with E-state index in [2.05, 4.69) is 9.71 Å². The van der Waals surface area contributed by atoms with E-state index in [1.54, 1.807) is 26.8 Å². The summed E-state index contributed by atoms with van der Waals surface area (Å²) in [6, 6.07) is 3.44. The molecule has 0 fully saturated rings. The molecule has 2 aromatic rings. The van der Waals surface area contributed by atoms with Crippen LogP contribution >= 0.6 is 0 Å². The first-order chi connectivity index (χ1) is 15.3. The van der Waals surface area contributed by atoms with Gasteiger partial charge in [0.15, 0.2) is 5.84 Å². The average molecular weight is 539 g/mol. The second-order valence-electron chi connectivity index (χ2n) is 8.62. The molecule has 1 aliphatic rings. The molecule has 1 aliphatic heterocycles. The molecule has 0 saturated carbocycles. The van der Waals surface area contributed by atoms with Crippen LogP contribution < -0.4 is 5.32 Å². The quantitative estimate of drug-likeness (QED) is 0.611. The first-order valence-electron chi connectivity index (χ1n) is 9.57. The fourth-order valence-electron chi connectivity index (χ4n) is 3.45. The number of hydrogen-bond donors (Lipinski definition) is 2. The molecule has 0 amide bonds. The van der Waals surface area contributed by atoms with Gasteiger partial charge in [-0.1, -0.05) is 20.8 Å². The molecule has 1 unspecified atom stereocenters. The van der Waals surface area contributed by atoms with Gasteiger partial charge in [-0.2, -0.15) is 21.6 Å². The molecule has 1 atom stereocenters. The third-order valence-electron chi connectivity index (χ3n) is 5.18. The van der Waals surface area contributed by atoms with E-state index in [9.17, 15) is 39.3 Å². The molecule has 8 nitrogen and oxygen atoms in total. The topological polar surface area (TPSA) is 130 Å². The zero-order valence-corrected chi connectivity index (χ0v) is 21.1. The Kier molecular flexibility index (Phi) is 6.20. The van der Waals surface area contributed by atoms with Crippen molar-refractivity contribution in [3.63, 3.8) is 0 Å². The molecule has 0 saturated heterocycles. The first-order valence-corrected chi connectivity index (χ1v) is 14.1. The molecule has 0 radical (unpaired) electrons. The van der Waals surface area contributed by atoms with Gasteiger partial charge in [0.05, 0.1) is 26.9 Å². The maximum absolute atomic E-state index is 12.9. The normalized spacial score (nSPS) is 16.9. The minimum Gasteiger partial charge on any atom is -0.507 e. The second kappa shape index (κ2) is 8.05. The molecule has 186 valence electrons. The van der Waals surface area contributed by atoms with E-state index in [0.717, 1.165) is 6.07 Å². The molecule has 14 heteroatoms. The molecule has 0 aromatic heterocycles. The minimum atomic E-state index is -5.79. The molecule has 0 bridgehead atoms. The summed E-state index contributed by atoms with van der Waals surface area (Å²) in [6.07, 6.45) is 1.42. The molecule has 34 heavy (non-hydrogen) atoms. The van der Waals surface area contributed by atoms with Gasteiger partial charge in [-0.15, -0.1) is 4.40 Å². The number of hydrogen-bond acceptors (Lipinski definition) is 7. The maximum Gasteiger partial charge on any atom is 0.501 e. The van der Waals surface area contributed by atoms with Crippen molar-refractivity contribution in [2.24, 2.45) is 4.40 Å². The first kappa shape index (κ1) is 26.2. The van der Waals surface area contributed by atoms with Crippen LogP contribution in [0.15, 0.2) is 43.3 Å². The number of fused-ring (bicyclic) bond motifs is 1. The summed E-state index contributed by atoms with van der Waals surface area (Å²) in [5.74, 6) is -0.646. The highest BCUT2D eigenvalue weighted by Crippen LogP contribution is 2.41. The van der Waals surface area contributed by atoms with Crippen LogP contribution in [0, 0.1) is 6.92 Å². The highest BCUT2D eigenvalue weighted by Gasteiger charge is 2.47. The number of nitrogens with zero attached hydrogens (tertiary/aromatic N) is 1. The van der Waals surface area contributed by atoms with E-state index in [1.807, 2.05) is 0 Å². The number of phenolic OH excluding ortho intramolecular Hbond substituents is 1. The number of halogens is 3. The number of aromatic hydroxyl groups is 1. The lowest BCUT2D eigenvalue weighted by molar-refractivity contribution is -0.0436. The summed E-state index contributed by atoms with van der Waals surface area (Å²) in [6.45, 7) is 6.88. The van der Waals surface area contributed by atoms with Crippen LogP contribution in [0.3, 0.4) is 0 Å². The van der Waals surface area contributed by atoms with Crippen molar-refractivity contribution in [2.45, 2.75) is 53.3 Å². The second-order valence-corrected chi connectivity index (χ2v) is 13.5. The number of sulfonamides is 1. The third kappa shape index (κ3) is 4.33. The summed E-state index contributed by atoms with van der Waals surface area (Å²) in [5, 5.41) is 13.7. The highest BCUT2D eigenvalue weighted by atomic mass is 32.2. The van der Waals surface area contributed by atoms with Gasteiger partial charge in [0.2, 0.25) is 0 Å². The third-order valence-corrected chi connectivity index (χ3v) is 9.02. The van der Waals surface area contributed by atoms with E-state index in [-0.39, 0.29) is 28.4 Å².